The van der Waals surface area contributed by atoms with Gasteiger partial charge in [-0.2, -0.15) is 0 Å². The minimum absolute atomic E-state index is 0.360. The van der Waals surface area contributed by atoms with Crippen molar-refractivity contribution < 1.29 is 13.3 Å². The van der Waals surface area contributed by atoms with Crippen molar-refractivity contribution in [1.29, 1.82) is 0 Å². The molecule has 0 spiro atoms. The van der Waals surface area contributed by atoms with Gasteiger partial charge in [-0.1, -0.05) is 63.3 Å². The summed E-state index contributed by atoms with van der Waals surface area (Å²) in [6.07, 6.45) is 0.916. The van der Waals surface area contributed by atoms with Gasteiger partial charge in [-0.3, -0.25) is 0 Å². The van der Waals surface area contributed by atoms with Gasteiger partial charge in [-0.25, -0.2) is 0 Å². The zero-order chi connectivity index (χ0) is 17.0. The lowest BCUT2D eigenvalue weighted by molar-refractivity contribution is 0.123. The SMILES string of the molecule is CO[Si](CCc1ccc([Si](C)(C)C(C)(C)C)cc1)(OC)OC. The summed E-state index contributed by atoms with van der Waals surface area (Å²) in [5, 5.41) is 1.87. The third-order valence-corrected chi connectivity index (χ3v) is 13.5. The predicted molar refractivity (Wildman–Crippen MR) is 98.6 cm³/mol. The van der Waals surface area contributed by atoms with Crippen LogP contribution in [0.1, 0.15) is 26.3 Å². The highest BCUT2D eigenvalue weighted by Gasteiger charge is 2.38. The third-order valence-electron chi connectivity index (χ3n) is 5.20. The molecule has 0 saturated heterocycles. The van der Waals surface area contributed by atoms with Crippen LogP contribution in [0.15, 0.2) is 24.3 Å². The van der Waals surface area contributed by atoms with Crippen LogP contribution >= 0.6 is 0 Å². The Kier molecular flexibility index (Phi) is 6.59. The molecule has 0 unspecified atom stereocenters. The Hall–Kier alpha value is -0.466. The number of hydrogen-bond donors (Lipinski definition) is 0. The van der Waals surface area contributed by atoms with E-state index < -0.39 is 16.9 Å². The van der Waals surface area contributed by atoms with Gasteiger partial charge in [0.1, 0.15) is 0 Å². The maximum Gasteiger partial charge on any atom is 0.500 e. The summed E-state index contributed by atoms with van der Waals surface area (Å²) >= 11 is 0. The average molecular weight is 341 g/mol. The first-order chi connectivity index (χ1) is 10.1. The predicted octanol–water partition coefficient (Wildman–Crippen LogP) is 3.82. The number of benzene rings is 1. The highest BCUT2D eigenvalue weighted by atomic mass is 28.4. The highest BCUT2D eigenvalue weighted by Crippen LogP contribution is 2.35. The van der Waals surface area contributed by atoms with Gasteiger partial charge in [-0.05, 0) is 17.0 Å². The molecule has 3 nitrogen and oxygen atoms in total. The van der Waals surface area contributed by atoms with E-state index in [1.54, 1.807) is 21.3 Å². The fourth-order valence-corrected chi connectivity index (χ4v) is 5.95. The Bertz CT molecular complexity index is 452. The minimum atomic E-state index is -2.47. The molecule has 1 rings (SSSR count). The Morgan fingerprint density at radius 1 is 0.864 bits per heavy atom. The average Bonchev–Trinajstić information content (AvgIpc) is 2.48. The van der Waals surface area contributed by atoms with Crippen molar-refractivity contribution >= 4 is 22.1 Å². The molecule has 22 heavy (non-hydrogen) atoms. The second-order valence-electron chi connectivity index (χ2n) is 7.37. The molecule has 126 valence electrons. The summed E-state index contributed by atoms with van der Waals surface area (Å²) in [7, 11) is 1.08. The summed E-state index contributed by atoms with van der Waals surface area (Å²) in [4.78, 5) is 0. The van der Waals surface area contributed by atoms with Gasteiger partial charge < -0.3 is 13.3 Å². The van der Waals surface area contributed by atoms with Crippen LogP contribution in [0.4, 0.5) is 0 Å². The first-order valence-corrected chi connectivity index (χ1v) is 12.8. The van der Waals surface area contributed by atoms with Crippen LogP contribution in [0.3, 0.4) is 0 Å². The second-order valence-corrected chi connectivity index (χ2v) is 15.8. The Balaban J connectivity index is 2.82. The largest absolute Gasteiger partial charge is 0.500 e. The first-order valence-electron chi connectivity index (χ1n) is 7.87. The van der Waals surface area contributed by atoms with Gasteiger partial charge in [0.25, 0.3) is 0 Å². The van der Waals surface area contributed by atoms with Crippen LogP contribution in [-0.2, 0) is 19.7 Å². The summed E-state index contributed by atoms with van der Waals surface area (Å²) in [5.74, 6) is 0. The Labute approximate surface area is 138 Å². The van der Waals surface area contributed by atoms with Gasteiger partial charge in [0.15, 0.2) is 0 Å². The van der Waals surface area contributed by atoms with Crippen LogP contribution in [0.2, 0.25) is 24.2 Å². The lowest BCUT2D eigenvalue weighted by Crippen LogP contribution is -2.49. The van der Waals surface area contributed by atoms with Crippen LogP contribution in [0, 0.1) is 0 Å². The molecule has 0 saturated carbocycles. The van der Waals surface area contributed by atoms with Crippen LogP contribution in [0.25, 0.3) is 0 Å². The molecule has 0 amide bonds. The molecule has 0 aliphatic heterocycles. The molecule has 0 aromatic heterocycles. The summed E-state index contributed by atoms with van der Waals surface area (Å²) in [5.41, 5.74) is 1.31. The van der Waals surface area contributed by atoms with E-state index in [2.05, 4.69) is 58.1 Å². The van der Waals surface area contributed by atoms with Gasteiger partial charge in [0.2, 0.25) is 0 Å². The normalized spacial score (nSPS) is 13.5. The smallest absolute Gasteiger partial charge is 0.377 e. The lowest BCUT2D eigenvalue weighted by atomic mass is 10.2. The second kappa shape index (κ2) is 7.40. The molecular formula is C17H32O3Si2. The maximum atomic E-state index is 5.48. The summed E-state index contributed by atoms with van der Waals surface area (Å²) < 4.78 is 16.4. The van der Waals surface area contributed by atoms with Gasteiger partial charge in [0.05, 0.1) is 8.07 Å². The molecule has 0 radical (unpaired) electrons. The van der Waals surface area contributed by atoms with Crippen molar-refractivity contribution in [3.05, 3.63) is 29.8 Å². The third kappa shape index (κ3) is 4.29. The van der Waals surface area contributed by atoms with Crippen molar-refractivity contribution in [2.45, 2.75) is 51.4 Å². The molecule has 0 N–H and O–H groups in total. The van der Waals surface area contributed by atoms with E-state index in [-0.39, 0.29) is 0 Å². The fraction of sp³-hybridized carbons (Fsp3) is 0.647. The van der Waals surface area contributed by atoms with Crippen molar-refractivity contribution in [2.24, 2.45) is 0 Å². The van der Waals surface area contributed by atoms with E-state index in [0.29, 0.717) is 5.04 Å². The Morgan fingerprint density at radius 3 is 1.68 bits per heavy atom. The Morgan fingerprint density at radius 2 is 1.32 bits per heavy atom. The zero-order valence-corrected chi connectivity index (χ0v) is 17.4. The molecular weight excluding hydrogens is 308 g/mol. The summed E-state index contributed by atoms with van der Waals surface area (Å²) in [6.45, 7) is 11.9. The number of rotatable bonds is 7. The topological polar surface area (TPSA) is 27.7 Å². The maximum absolute atomic E-state index is 5.48. The molecule has 0 fully saturated rings. The zero-order valence-electron chi connectivity index (χ0n) is 15.4. The first kappa shape index (κ1) is 19.6. The standard InChI is InChI=1S/C17H32O3Si2/c1-17(2,3)21(7,8)16-11-9-15(10-12-16)13-14-22(18-4,19-5)20-6/h9-12H,13-14H2,1-8H3. The van der Waals surface area contributed by atoms with E-state index in [9.17, 15) is 0 Å². The number of hydrogen-bond acceptors (Lipinski definition) is 3. The quantitative estimate of drug-likeness (QED) is 0.706. The van der Waals surface area contributed by atoms with E-state index in [1.807, 2.05) is 0 Å². The van der Waals surface area contributed by atoms with Crippen molar-refractivity contribution in [3.8, 4) is 0 Å². The molecule has 5 heteroatoms. The van der Waals surface area contributed by atoms with Crippen molar-refractivity contribution in [1.82, 2.24) is 0 Å². The van der Waals surface area contributed by atoms with E-state index in [4.69, 9.17) is 13.3 Å². The molecule has 0 aliphatic rings. The van der Waals surface area contributed by atoms with Crippen molar-refractivity contribution in [3.63, 3.8) is 0 Å². The van der Waals surface area contributed by atoms with Crippen molar-refractivity contribution in [2.75, 3.05) is 21.3 Å². The van der Waals surface area contributed by atoms with Gasteiger partial charge in [-0.15, -0.1) is 0 Å². The summed E-state index contributed by atoms with van der Waals surface area (Å²) in [6, 6.07) is 9.91. The van der Waals surface area contributed by atoms with Gasteiger partial charge >= 0.3 is 8.80 Å². The lowest BCUT2D eigenvalue weighted by Gasteiger charge is -2.37. The van der Waals surface area contributed by atoms with E-state index >= 15 is 0 Å². The fourth-order valence-electron chi connectivity index (χ4n) is 2.37. The van der Waals surface area contributed by atoms with Gasteiger partial charge in [0, 0.05) is 27.4 Å². The highest BCUT2D eigenvalue weighted by molar-refractivity contribution is 6.92. The number of aryl methyl sites for hydroxylation is 1. The van der Waals surface area contributed by atoms with Crippen LogP contribution in [-0.4, -0.2) is 38.2 Å². The monoisotopic (exact) mass is 340 g/mol. The van der Waals surface area contributed by atoms with Crippen LogP contribution < -0.4 is 5.19 Å². The molecule has 0 bridgehead atoms. The van der Waals surface area contributed by atoms with E-state index in [1.165, 1.54) is 10.8 Å². The minimum Gasteiger partial charge on any atom is -0.377 e. The van der Waals surface area contributed by atoms with Crippen LogP contribution in [0.5, 0.6) is 0 Å². The molecule has 0 atom stereocenters. The van der Waals surface area contributed by atoms with E-state index in [0.717, 1.165) is 12.5 Å². The molecule has 1 aromatic carbocycles. The molecule has 0 aliphatic carbocycles. The molecule has 1 aromatic rings. The molecule has 0 heterocycles.